The second kappa shape index (κ2) is 13.9. The summed E-state index contributed by atoms with van der Waals surface area (Å²) in [5.74, 6) is 1.29. The molecule has 0 saturated carbocycles. The van der Waals surface area contributed by atoms with Crippen molar-refractivity contribution in [2.45, 2.75) is 65.3 Å². The van der Waals surface area contributed by atoms with E-state index < -0.39 is 0 Å². The number of hydrogen-bond acceptors (Lipinski definition) is 4. The van der Waals surface area contributed by atoms with Crippen LogP contribution in [0.4, 0.5) is 0 Å². The molecule has 2 aromatic rings. The Labute approximate surface area is 216 Å². The molecule has 184 valence electrons. The van der Waals surface area contributed by atoms with Crippen LogP contribution in [0.5, 0.6) is 0 Å². The molecule has 3 rings (SSSR count). The number of aliphatic imine (C=N–C) groups is 1. The highest BCUT2D eigenvalue weighted by Crippen LogP contribution is 2.19. The van der Waals surface area contributed by atoms with Gasteiger partial charge in [0.2, 0.25) is 0 Å². The van der Waals surface area contributed by atoms with E-state index in [1.54, 1.807) is 0 Å². The summed E-state index contributed by atoms with van der Waals surface area (Å²) in [5.41, 5.74) is 4.76. The van der Waals surface area contributed by atoms with E-state index in [2.05, 4.69) is 73.6 Å². The zero-order chi connectivity index (χ0) is 22.9. The molecule has 2 heterocycles. The van der Waals surface area contributed by atoms with Gasteiger partial charge in [-0.15, -0.1) is 24.0 Å². The molecule has 1 N–H and O–H groups in total. The van der Waals surface area contributed by atoms with Gasteiger partial charge in [0.1, 0.15) is 0 Å². The van der Waals surface area contributed by atoms with E-state index in [0.29, 0.717) is 25.2 Å². The van der Waals surface area contributed by atoms with E-state index in [1.165, 1.54) is 16.7 Å². The highest BCUT2D eigenvalue weighted by molar-refractivity contribution is 14.0. The third-order valence-electron chi connectivity index (χ3n) is 5.64. The molecule has 0 aliphatic carbocycles. The molecule has 1 aromatic heterocycles. The minimum atomic E-state index is 0. The van der Waals surface area contributed by atoms with Gasteiger partial charge in [-0.05, 0) is 36.8 Å². The molecule has 0 unspecified atom stereocenters. The quantitative estimate of drug-likeness (QED) is 0.275. The van der Waals surface area contributed by atoms with Crippen molar-refractivity contribution in [3.8, 4) is 0 Å². The van der Waals surface area contributed by atoms with Gasteiger partial charge in [-0.25, -0.2) is 4.99 Å². The third kappa shape index (κ3) is 8.57. The maximum absolute atomic E-state index is 6.08. The maximum Gasteiger partial charge on any atom is 0.194 e. The molecular weight excluding hydrogens is 529 g/mol. The van der Waals surface area contributed by atoms with Crippen molar-refractivity contribution in [3.63, 3.8) is 0 Å². The lowest BCUT2D eigenvalue weighted by atomic mass is 10.1. The van der Waals surface area contributed by atoms with Crippen molar-refractivity contribution in [2.75, 3.05) is 26.8 Å². The van der Waals surface area contributed by atoms with Crippen molar-refractivity contribution < 1.29 is 9.47 Å². The largest absolute Gasteiger partial charge is 0.381 e. The Morgan fingerprint density at radius 3 is 2.73 bits per heavy atom. The molecule has 0 amide bonds. The number of ether oxygens (including phenoxy) is 2. The van der Waals surface area contributed by atoms with Gasteiger partial charge in [-0.2, -0.15) is 5.10 Å². The first-order valence-corrected chi connectivity index (χ1v) is 11.7. The Balaban J connectivity index is 0.00000385. The summed E-state index contributed by atoms with van der Waals surface area (Å²) >= 11 is 0. The molecule has 0 radical (unpaired) electrons. The number of benzene rings is 1. The SMILES string of the molecule is CCNC(=NCc1cccc(COC2CCOCC2)c1)N(C)Cc1cn(C)nc1C(C)C.I. The Bertz CT molecular complexity index is 877. The lowest BCUT2D eigenvalue weighted by Gasteiger charge is -2.23. The molecule has 0 bridgehead atoms. The number of aromatic nitrogens is 2. The Morgan fingerprint density at radius 2 is 2.03 bits per heavy atom. The molecule has 33 heavy (non-hydrogen) atoms. The second-order valence-electron chi connectivity index (χ2n) is 8.84. The third-order valence-corrected chi connectivity index (χ3v) is 5.64. The highest BCUT2D eigenvalue weighted by Gasteiger charge is 2.16. The van der Waals surface area contributed by atoms with E-state index in [-0.39, 0.29) is 24.0 Å². The normalized spacial score (nSPS) is 14.9. The highest BCUT2D eigenvalue weighted by atomic mass is 127. The number of guanidine groups is 1. The van der Waals surface area contributed by atoms with Crippen molar-refractivity contribution >= 4 is 29.9 Å². The predicted octanol–water partition coefficient (Wildman–Crippen LogP) is 4.45. The lowest BCUT2D eigenvalue weighted by Crippen LogP contribution is -2.38. The first kappa shape index (κ1) is 27.6. The number of aryl methyl sites for hydroxylation is 1. The molecule has 1 saturated heterocycles. The van der Waals surface area contributed by atoms with Crippen LogP contribution in [0.3, 0.4) is 0 Å². The van der Waals surface area contributed by atoms with Crippen LogP contribution < -0.4 is 5.32 Å². The van der Waals surface area contributed by atoms with E-state index in [4.69, 9.17) is 14.5 Å². The summed E-state index contributed by atoms with van der Waals surface area (Å²) in [6.07, 6.45) is 4.38. The first-order chi connectivity index (χ1) is 15.5. The summed E-state index contributed by atoms with van der Waals surface area (Å²) in [6.45, 7) is 10.9. The molecule has 8 heteroatoms. The topological polar surface area (TPSA) is 63.9 Å². The van der Waals surface area contributed by atoms with Crippen molar-refractivity contribution in [2.24, 2.45) is 12.0 Å². The monoisotopic (exact) mass is 569 g/mol. The van der Waals surface area contributed by atoms with Gasteiger partial charge in [0.15, 0.2) is 5.96 Å². The van der Waals surface area contributed by atoms with E-state index in [0.717, 1.165) is 50.8 Å². The Morgan fingerprint density at radius 1 is 1.30 bits per heavy atom. The van der Waals surface area contributed by atoms with Crippen LogP contribution in [-0.2, 0) is 36.2 Å². The predicted molar refractivity (Wildman–Crippen MR) is 144 cm³/mol. The van der Waals surface area contributed by atoms with Crippen LogP contribution in [0.25, 0.3) is 0 Å². The Hall–Kier alpha value is -1.65. The zero-order valence-corrected chi connectivity index (χ0v) is 23.0. The van der Waals surface area contributed by atoms with Crippen LogP contribution in [0.2, 0.25) is 0 Å². The van der Waals surface area contributed by atoms with E-state index >= 15 is 0 Å². The molecular formula is C25H40IN5O2. The van der Waals surface area contributed by atoms with Gasteiger partial charge in [0.25, 0.3) is 0 Å². The number of rotatable bonds is 9. The molecule has 0 spiro atoms. The van der Waals surface area contributed by atoms with E-state index in [9.17, 15) is 0 Å². The van der Waals surface area contributed by atoms with Crippen LogP contribution in [0, 0.1) is 0 Å². The minimum absolute atomic E-state index is 0. The fraction of sp³-hybridized carbons (Fsp3) is 0.600. The summed E-state index contributed by atoms with van der Waals surface area (Å²) in [6, 6.07) is 8.54. The Kier molecular flexibility index (Phi) is 11.6. The molecule has 1 aliphatic rings. The minimum Gasteiger partial charge on any atom is -0.381 e. The molecule has 7 nitrogen and oxygen atoms in total. The van der Waals surface area contributed by atoms with Crippen molar-refractivity contribution in [3.05, 3.63) is 52.8 Å². The maximum atomic E-state index is 6.08. The summed E-state index contributed by atoms with van der Waals surface area (Å²) in [7, 11) is 4.06. The van der Waals surface area contributed by atoms with Gasteiger partial charge in [-0.3, -0.25) is 4.68 Å². The van der Waals surface area contributed by atoms with Gasteiger partial charge in [-0.1, -0.05) is 38.1 Å². The summed E-state index contributed by atoms with van der Waals surface area (Å²) in [5, 5.41) is 8.06. The molecule has 1 fully saturated rings. The molecule has 0 atom stereocenters. The number of nitrogens with zero attached hydrogens (tertiary/aromatic N) is 4. The average molecular weight is 570 g/mol. The van der Waals surface area contributed by atoms with Crippen molar-refractivity contribution in [1.82, 2.24) is 20.0 Å². The van der Waals surface area contributed by atoms with Gasteiger partial charge < -0.3 is 19.7 Å². The lowest BCUT2D eigenvalue weighted by molar-refractivity contribution is -0.0390. The summed E-state index contributed by atoms with van der Waals surface area (Å²) in [4.78, 5) is 7.07. The van der Waals surface area contributed by atoms with Gasteiger partial charge in [0, 0.05) is 52.2 Å². The van der Waals surface area contributed by atoms with E-state index in [1.807, 2.05) is 11.7 Å². The summed E-state index contributed by atoms with van der Waals surface area (Å²) < 4.78 is 13.4. The van der Waals surface area contributed by atoms with Crippen LogP contribution in [0.15, 0.2) is 35.5 Å². The fourth-order valence-corrected chi connectivity index (χ4v) is 4.00. The van der Waals surface area contributed by atoms with Gasteiger partial charge in [0.05, 0.1) is 24.9 Å². The number of halogens is 1. The first-order valence-electron chi connectivity index (χ1n) is 11.7. The zero-order valence-electron chi connectivity index (χ0n) is 20.7. The van der Waals surface area contributed by atoms with Crippen LogP contribution >= 0.6 is 24.0 Å². The average Bonchev–Trinajstić information content (AvgIpc) is 3.16. The van der Waals surface area contributed by atoms with Crippen molar-refractivity contribution in [1.29, 1.82) is 0 Å². The smallest absolute Gasteiger partial charge is 0.194 e. The number of hydrogen-bond donors (Lipinski definition) is 1. The molecule has 1 aromatic carbocycles. The standard InChI is InChI=1S/C25H39N5O2.HI/c1-6-26-25(29(4)16-22-17-30(5)28-24(22)19(2)3)27-15-20-8-7-9-21(14-20)18-32-23-10-12-31-13-11-23;/h7-9,14,17,19,23H,6,10-13,15-16,18H2,1-5H3,(H,26,27);1H. The molecule has 1 aliphatic heterocycles. The number of nitrogens with one attached hydrogen (secondary N) is 1. The van der Waals surface area contributed by atoms with Gasteiger partial charge >= 0.3 is 0 Å². The van der Waals surface area contributed by atoms with Crippen LogP contribution in [0.1, 0.15) is 61.9 Å². The fourth-order valence-electron chi connectivity index (χ4n) is 4.00. The van der Waals surface area contributed by atoms with Crippen LogP contribution in [-0.4, -0.2) is 53.6 Å². The second-order valence-corrected chi connectivity index (χ2v) is 8.84.